The van der Waals surface area contributed by atoms with Gasteiger partial charge in [-0.25, -0.2) is 4.39 Å². The minimum Gasteiger partial charge on any atom is -0.378 e. The van der Waals surface area contributed by atoms with Crippen molar-refractivity contribution >= 4 is 29.1 Å². The molecular formula is C31H34ClFN4O2. The molecule has 1 N–H and O–H groups in total. The van der Waals surface area contributed by atoms with Crippen LogP contribution in [0, 0.1) is 17.7 Å². The average Bonchev–Trinajstić information content (AvgIpc) is 3.50. The van der Waals surface area contributed by atoms with E-state index in [2.05, 4.69) is 22.3 Å². The van der Waals surface area contributed by atoms with Gasteiger partial charge in [0.25, 0.3) is 11.8 Å². The topological polar surface area (TPSA) is 55.9 Å². The molecule has 2 unspecified atom stereocenters. The molecule has 0 radical (unpaired) electrons. The molecule has 3 aromatic carbocycles. The average molecular weight is 549 g/mol. The highest BCUT2D eigenvalue weighted by atomic mass is 35.5. The van der Waals surface area contributed by atoms with Crippen LogP contribution in [0.15, 0.2) is 72.8 Å². The molecule has 2 aliphatic heterocycles. The summed E-state index contributed by atoms with van der Waals surface area (Å²) >= 11 is 6.13. The number of amides is 2. The van der Waals surface area contributed by atoms with Gasteiger partial charge in [0.05, 0.1) is 16.6 Å². The predicted molar refractivity (Wildman–Crippen MR) is 153 cm³/mol. The zero-order valence-electron chi connectivity index (χ0n) is 22.3. The molecule has 39 heavy (non-hydrogen) atoms. The first-order valence-electron chi connectivity index (χ1n) is 13.4. The third-order valence-corrected chi connectivity index (χ3v) is 8.23. The summed E-state index contributed by atoms with van der Waals surface area (Å²) in [5.41, 5.74) is 2.72. The molecule has 8 heteroatoms. The van der Waals surface area contributed by atoms with Gasteiger partial charge < -0.3 is 20.0 Å². The number of nitrogens with zero attached hydrogens (tertiary/aromatic N) is 3. The number of hydrogen-bond acceptors (Lipinski definition) is 4. The minimum atomic E-state index is -0.575. The molecule has 0 aromatic heterocycles. The van der Waals surface area contributed by atoms with E-state index < -0.39 is 5.82 Å². The number of nitrogens with one attached hydrogen (secondary N) is 1. The van der Waals surface area contributed by atoms with Crippen molar-refractivity contribution in [2.45, 2.75) is 12.5 Å². The van der Waals surface area contributed by atoms with Crippen molar-refractivity contribution in [1.82, 2.24) is 15.1 Å². The number of carbonyl (C=O) groups is 2. The van der Waals surface area contributed by atoms with Crippen molar-refractivity contribution in [2.24, 2.45) is 11.8 Å². The molecule has 0 spiro atoms. The van der Waals surface area contributed by atoms with Gasteiger partial charge in [0.2, 0.25) is 0 Å². The van der Waals surface area contributed by atoms with Crippen molar-refractivity contribution < 1.29 is 14.0 Å². The Kier molecular flexibility index (Phi) is 8.19. The van der Waals surface area contributed by atoms with Crippen molar-refractivity contribution in [3.05, 3.63) is 100 Å². The maximum atomic E-state index is 14.3. The highest BCUT2D eigenvalue weighted by molar-refractivity contribution is 6.33. The Morgan fingerprint density at radius 3 is 2.23 bits per heavy atom. The summed E-state index contributed by atoms with van der Waals surface area (Å²) in [7, 11) is 3.95. The van der Waals surface area contributed by atoms with E-state index in [0.717, 1.165) is 37.3 Å². The first kappa shape index (κ1) is 27.2. The Morgan fingerprint density at radius 2 is 1.62 bits per heavy atom. The normalized spacial score (nSPS) is 19.5. The van der Waals surface area contributed by atoms with Gasteiger partial charge in [0.1, 0.15) is 5.82 Å². The molecule has 2 saturated heterocycles. The zero-order valence-corrected chi connectivity index (χ0v) is 23.1. The number of likely N-dealkylation sites (tertiary alicyclic amines) is 2. The van der Waals surface area contributed by atoms with Crippen molar-refractivity contribution in [1.29, 1.82) is 0 Å². The van der Waals surface area contributed by atoms with E-state index >= 15 is 0 Å². The highest BCUT2D eigenvalue weighted by Gasteiger charge is 2.42. The predicted octanol–water partition coefficient (Wildman–Crippen LogP) is 5.11. The first-order valence-corrected chi connectivity index (χ1v) is 13.8. The molecular weight excluding hydrogens is 515 g/mol. The zero-order chi connectivity index (χ0) is 27.5. The Hall–Kier alpha value is -3.42. The number of carbonyl (C=O) groups excluding carboxylic acids is 2. The Balaban J connectivity index is 1.19. The van der Waals surface area contributed by atoms with Gasteiger partial charge in [-0.05, 0) is 60.2 Å². The van der Waals surface area contributed by atoms with E-state index in [0.29, 0.717) is 30.5 Å². The van der Waals surface area contributed by atoms with Crippen LogP contribution in [0.25, 0.3) is 0 Å². The van der Waals surface area contributed by atoms with E-state index in [1.54, 1.807) is 11.0 Å². The van der Waals surface area contributed by atoms with E-state index in [4.69, 9.17) is 11.6 Å². The summed E-state index contributed by atoms with van der Waals surface area (Å²) in [6.07, 6.45) is 0.776. The Bertz CT molecular complexity index is 1280. The summed E-state index contributed by atoms with van der Waals surface area (Å²) in [5, 5.41) is 3.40. The SMILES string of the molecule is CN(C)c1ccc(C(=O)NC(CCN2CC3CN(C(=O)c4c(F)cccc4Cl)C[C@@H]3C2)c2ccccc2)cc1. The van der Waals surface area contributed by atoms with Crippen LogP contribution in [0.3, 0.4) is 0 Å². The van der Waals surface area contributed by atoms with Crippen molar-refractivity contribution in [3.63, 3.8) is 0 Å². The lowest BCUT2D eigenvalue weighted by molar-refractivity contribution is 0.0769. The molecule has 5 rings (SSSR count). The number of rotatable bonds is 8. The Morgan fingerprint density at radius 1 is 0.949 bits per heavy atom. The third-order valence-electron chi connectivity index (χ3n) is 7.91. The number of halogens is 2. The fourth-order valence-corrected chi connectivity index (χ4v) is 6.01. The maximum absolute atomic E-state index is 14.3. The van der Waals surface area contributed by atoms with Gasteiger partial charge in [-0.15, -0.1) is 0 Å². The van der Waals surface area contributed by atoms with Gasteiger partial charge >= 0.3 is 0 Å². The maximum Gasteiger partial charge on any atom is 0.258 e. The van der Waals surface area contributed by atoms with Crippen LogP contribution in [0.2, 0.25) is 5.02 Å². The first-order chi connectivity index (χ1) is 18.8. The monoisotopic (exact) mass is 548 g/mol. The van der Waals surface area contributed by atoms with Crippen LogP contribution in [-0.4, -0.2) is 68.4 Å². The van der Waals surface area contributed by atoms with E-state index in [1.165, 1.54) is 12.1 Å². The number of benzene rings is 3. The fourth-order valence-electron chi connectivity index (χ4n) is 5.77. The fraction of sp³-hybridized carbons (Fsp3) is 0.355. The van der Waals surface area contributed by atoms with Crippen LogP contribution in [0.4, 0.5) is 10.1 Å². The number of hydrogen-bond donors (Lipinski definition) is 1. The quantitative estimate of drug-likeness (QED) is 0.425. The lowest BCUT2D eigenvalue weighted by atomic mass is 10.0. The lowest BCUT2D eigenvalue weighted by Gasteiger charge is -2.25. The van der Waals surface area contributed by atoms with Gasteiger partial charge in [-0.2, -0.15) is 0 Å². The lowest BCUT2D eigenvalue weighted by Crippen LogP contribution is -2.35. The van der Waals surface area contributed by atoms with Gasteiger partial charge in [-0.3, -0.25) is 9.59 Å². The van der Waals surface area contributed by atoms with E-state index in [9.17, 15) is 14.0 Å². The van der Waals surface area contributed by atoms with Crippen LogP contribution in [-0.2, 0) is 0 Å². The molecule has 0 aliphatic carbocycles. The summed E-state index contributed by atoms with van der Waals surface area (Å²) in [6.45, 7) is 3.79. The molecule has 3 aromatic rings. The standard InChI is InChI=1S/C31H34ClFN4O2/c1-35(2)25-13-11-22(12-14-25)30(38)34-28(21-7-4-3-5-8-21)15-16-36-17-23-19-37(20-24(23)18-36)31(39)29-26(32)9-6-10-27(29)33/h3-14,23-24,28H,15-20H2,1-2H3,(H,34,38)/t23-,24?,28?/m0/s1. The molecule has 6 nitrogen and oxygen atoms in total. The summed E-state index contributed by atoms with van der Waals surface area (Å²) in [5.74, 6) is -0.300. The van der Waals surface area contributed by atoms with Crippen LogP contribution in [0.5, 0.6) is 0 Å². The molecule has 0 saturated carbocycles. The van der Waals surface area contributed by atoms with E-state index in [-0.39, 0.29) is 28.4 Å². The van der Waals surface area contributed by atoms with Crippen LogP contribution < -0.4 is 10.2 Å². The number of fused-ring (bicyclic) bond motifs is 1. The molecule has 204 valence electrons. The molecule has 3 atom stereocenters. The largest absolute Gasteiger partial charge is 0.378 e. The second kappa shape index (κ2) is 11.8. The highest BCUT2D eigenvalue weighted by Crippen LogP contribution is 2.34. The van der Waals surface area contributed by atoms with Crippen LogP contribution >= 0.6 is 11.6 Å². The summed E-state index contributed by atoms with van der Waals surface area (Å²) < 4.78 is 14.3. The van der Waals surface area contributed by atoms with Gasteiger partial charge in [-0.1, -0.05) is 48.0 Å². The van der Waals surface area contributed by atoms with Gasteiger partial charge in [0.15, 0.2) is 0 Å². The molecule has 2 aliphatic rings. The molecule has 2 fully saturated rings. The third kappa shape index (κ3) is 6.10. The smallest absolute Gasteiger partial charge is 0.258 e. The Labute approximate surface area is 234 Å². The second-order valence-electron chi connectivity index (χ2n) is 10.8. The molecule has 2 amide bonds. The van der Waals surface area contributed by atoms with Crippen molar-refractivity contribution in [3.8, 4) is 0 Å². The number of anilines is 1. The van der Waals surface area contributed by atoms with E-state index in [1.807, 2.05) is 61.5 Å². The summed E-state index contributed by atoms with van der Waals surface area (Å²) in [4.78, 5) is 32.3. The minimum absolute atomic E-state index is 0.0335. The van der Waals surface area contributed by atoms with Gasteiger partial charge in [0, 0.05) is 58.1 Å². The summed E-state index contributed by atoms with van der Waals surface area (Å²) in [6, 6.07) is 21.9. The molecule has 2 heterocycles. The van der Waals surface area contributed by atoms with Crippen molar-refractivity contribution in [2.75, 3.05) is 51.7 Å². The van der Waals surface area contributed by atoms with Crippen LogP contribution in [0.1, 0.15) is 38.7 Å². The molecule has 0 bridgehead atoms. The second-order valence-corrected chi connectivity index (χ2v) is 11.2.